The van der Waals surface area contributed by atoms with Crippen LogP contribution in [0.1, 0.15) is 16.1 Å². The zero-order valence-electron chi connectivity index (χ0n) is 12.0. The van der Waals surface area contributed by atoms with Crippen LogP contribution in [0.5, 0.6) is 0 Å². The minimum atomic E-state index is -0.363. The fourth-order valence-corrected chi connectivity index (χ4v) is 2.18. The van der Waals surface area contributed by atoms with Gasteiger partial charge in [0.2, 0.25) is 0 Å². The van der Waals surface area contributed by atoms with Crippen LogP contribution in [-0.2, 0) is 13.6 Å². The molecule has 3 aromatic rings. The van der Waals surface area contributed by atoms with E-state index in [9.17, 15) is 9.59 Å². The topological polar surface area (TPSA) is 84.7 Å². The number of nitrogens with zero attached hydrogens (tertiary/aromatic N) is 3. The Morgan fingerprint density at radius 1 is 1.27 bits per heavy atom. The number of benzene rings is 1. The molecule has 2 aromatic heterocycles. The highest BCUT2D eigenvalue weighted by Gasteiger charge is 2.15. The van der Waals surface area contributed by atoms with Gasteiger partial charge >= 0.3 is 5.69 Å². The standard InChI is InChI=1S/C15H15N5O2/c1-19-13(7-8-17-19)18-14(21)12-9-16-15(22)20(12)10-11-5-3-2-4-6-11/h2-9H,10H2,1H3,(H,16,22)(H,18,21). The van der Waals surface area contributed by atoms with Gasteiger partial charge in [-0.05, 0) is 5.56 Å². The van der Waals surface area contributed by atoms with Crippen LogP contribution in [0.15, 0.2) is 53.6 Å². The fourth-order valence-electron chi connectivity index (χ4n) is 2.18. The molecular weight excluding hydrogens is 282 g/mol. The van der Waals surface area contributed by atoms with Gasteiger partial charge in [0.05, 0.1) is 12.7 Å². The van der Waals surface area contributed by atoms with Crippen LogP contribution in [0.4, 0.5) is 5.82 Å². The molecule has 0 aliphatic rings. The molecule has 0 saturated carbocycles. The second-order valence-corrected chi connectivity index (χ2v) is 4.84. The summed E-state index contributed by atoms with van der Waals surface area (Å²) >= 11 is 0. The molecule has 0 fully saturated rings. The lowest BCUT2D eigenvalue weighted by atomic mass is 10.2. The molecule has 2 heterocycles. The highest BCUT2D eigenvalue weighted by atomic mass is 16.2. The van der Waals surface area contributed by atoms with Crippen molar-refractivity contribution >= 4 is 11.7 Å². The van der Waals surface area contributed by atoms with Crippen LogP contribution in [0.25, 0.3) is 0 Å². The van der Waals surface area contributed by atoms with Crippen molar-refractivity contribution in [2.75, 3.05) is 5.32 Å². The molecular formula is C15H15N5O2. The van der Waals surface area contributed by atoms with Gasteiger partial charge in [0.25, 0.3) is 5.91 Å². The average molecular weight is 297 g/mol. The Balaban J connectivity index is 1.87. The molecule has 0 atom stereocenters. The van der Waals surface area contributed by atoms with E-state index in [1.54, 1.807) is 24.0 Å². The number of hydrogen-bond donors (Lipinski definition) is 2. The van der Waals surface area contributed by atoms with Crippen molar-refractivity contribution in [1.29, 1.82) is 0 Å². The first-order valence-corrected chi connectivity index (χ1v) is 6.76. The summed E-state index contributed by atoms with van der Waals surface area (Å²) in [6.45, 7) is 0.331. The number of H-pyrrole nitrogens is 1. The molecule has 2 N–H and O–H groups in total. The van der Waals surface area contributed by atoms with E-state index in [0.29, 0.717) is 12.4 Å². The number of carbonyl (C=O) groups is 1. The molecule has 0 aliphatic heterocycles. The molecule has 0 radical (unpaired) electrons. The summed E-state index contributed by atoms with van der Waals surface area (Å²) in [6.07, 6.45) is 3.00. The van der Waals surface area contributed by atoms with Crippen molar-refractivity contribution in [3.05, 3.63) is 70.5 Å². The molecule has 1 amide bonds. The molecule has 1 aromatic carbocycles. The first-order valence-electron chi connectivity index (χ1n) is 6.76. The second kappa shape index (κ2) is 5.72. The van der Waals surface area contributed by atoms with Gasteiger partial charge in [-0.1, -0.05) is 30.3 Å². The average Bonchev–Trinajstić information content (AvgIpc) is 3.08. The first-order chi connectivity index (χ1) is 10.6. The van der Waals surface area contributed by atoms with Gasteiger partial charge in [0.15, 0.2) is 0 Å². The Morgan fingerprint density at radius 3 is 2.73 bits per heavy atom. The van der Waals surface area contributed by atoms with Crippen molar-refractivity contribution in [3.63, 3.8) is 0 Å². The number of nitrogens with one attached hydrogen (secondary N) is 2. The zero-order chi connectivity index (χ0) is 15.5. The van der Waals surface area contributed by atoms with Gasteiger partial charge in [-0.15, -0.1) is 0 Å². The number of anilines is 1. The van der Waals surface area contributed by atoms with Gasteiger partial charge in [-0.25, -0.2) is 4.79 Å². The lowest BCUT2D eigenvalue weighted by Crippen LogP contribution is -2.25. The van der Waals surface area contributed by atoms with E-state index >= 15 is 0 Å². The Hall–Kier alpha value is -3.09. The lowest BCUT2D eigenvalue weighted by Gasteiger charge is -2.08. The Bertz CT molecular complexity index is 844. The van der Waals surface area contributed by atoms with Crippen molar-refractivity contribution in [2.45, 2.75) is 6.54 Å². The third-order valence-corrected chi connectivity index (χ3v) is 3.35. The lowest BCUT2D eigenvalue weighted by molar-refractivity contribution is 0.101. The summed E-state index contributed by atoms with van der Waals surface area (Å²) in [5, 5.41) is 6.71. The van der Waals surface area contributed by atoms with Crippen LogP contribution in [0.3, 0.4) is 0 Å². The van der Waals surface area contributed by atoms with E-state index in [0.717, 1.165) is 5.56 Å². The van der Waals surface area contributed by atoms with Crippen LogP contribution < -0.4 is 11.0 Å². The Morgan fingerprint density at radius 2 is 2.05 bits per heavy atom. The molecule has 0 aliphatic carbocycles. The maximum absolute atomic E-state index is 12.4. The van der Waals surface area contributed by atoms with E-state index in [4.69, 9.17) is 0 Å². The highest BCUT2D eigenvalue weighted by Crippen LogP contribution is 2.08. The second-order valence-electron chi connectivity index (χ2n) is 4.84. The van der Waals surface area contributed by atoms with Crippen LogP contribution in [-0.4, -0.2) is 25.2 Å². The van der Waals surface area contributed by atoms with Crippen LogP contribution in [0, 0.1) is 0 Å². The number of hydrogen-bond acceptors (Lipinski definition) is 3. The van der Waals surface area contributed by atoms with E-state index < -0.39 is 0 Å². The SMILES string of the molecule is Cn1nccc1NC(=O)c1c[nH]c(=O)n1Cc1ccccc1. The fraction of sp³-hybridized carbons (Fsp3) is 0.133. The third-order valence-electron chi connectivity index (χ3n) is 3.35. The number of aromatic nitrogens is 4. The number of rotatable bonds is 4. The summed E-state index contributed by atoms with van der Waals surface area (Å²) in [4.78, 5) is 26.8. The summed E-state index contributed by atoms with van der Waals surface area (Å²) < 4.78 is 2.95. The van der Waals surface area contributed by atoms with Crippen LogP contribution in [0.2, 0.25) is 0 Å². The van der Waals surface area contributed by atoms with E-state index in [2.05, 4.69) is 15.4 Å². The number of aryl methyl sites for hydroxylation is 1. The van der Waals surface area contributed by atoms with E-state index in [-0.39, 0.29) is 17.3 Å². The van der Waals surface area contributed by atoms with Crippen molar-refractivity contribution in [2.24, 2.45) is 7.05 Å². The molecule has 3 rings (SSSR count). The Labute approximate surface area is 126 Å². The van der Waals surface area contributed by atoms with Gasteiger partial charge in [0.1, 0.15) is 11.5 Å². The van der Waals surface area contributed by atoms with E-state index in [1.165, 1.54) is 10.8 Å². The molecule has 7 nitrogen and oxygen atoms in total. The minimum Gasteiger partial charge on any atom is -0.312 e. The predicted molar refractivity (Wildman–Crippen MR) is 81.8 cm³/mol. The molecule has 0 saturated heterocycles. The van der Waals surface area contributed by atoms with E-state index in [1.807, 2.05) is 30.3 Å². The monoisotopic (exact) mass is 297 g/mol. The largest absolute Gasteiger partial charge is 0.326 e. The number of amides is 1. The van der Waals surface area contributed by atoms with Crippen molar-refractivity contribution < 1.29 is 4.79 Å². The summed E-state index contributed by atoms with van der Waals surface area (Å²) in [6, 6.07) is 11.2. The third kappa shape index (κ3) is 2.69. The van der Waals surface area contributed by atoms with Crippen molar-refractivity contribution in [3.8, 4) is 0 Å². The molecule has 0 spiro atoms. The van der Waals surface area contributed by atoms with Crippen molar-refractivity contribution in [1.82, 2.24) is 19.3 Å². The number of aromatic amines is 1. The predicted octanol–water partition coefficient (Wildman–Crippen LogP) is 1.21. The van der Waals surface area contributed by atoms with Gasteiger partial charge in [-0.3, -0.25) is 14.0 Å². The minimum absolute atomic E-state index is 0.273. The molecule has 112 valence electrons. The van der Waals surface area contributed by atoms with Gasteiger partial charge in [0, 0.05) is 19.3 Å². The van der Waals surface area contributed by atoms with Gasteiger partial charge < -0.3 is 10.3 Å². The maximum atomic E-state index is 12.4. The highest BCUT2D eigenvalue weighted by molar-refractivity contribution is 6.02. The quantitative estimate of drug-likeness (QED) is 0.759. The number of imidazole rings is 1. The summed E-state index contributed by atoms with van der Waals surface area (Å²) in [5.41, 5.74) is 0.896. The first kappa shape index (κ1) is 13.9. The normalized spacial score (nSPS) is 10.6. The Kier molecular flexibility index (Phi) is 3.61. The zero-order valence-corrected chi connectivity index (χ0v) is 12.0. The summed E-state index contributed by atoms with van der Waals surface area (Å²) in [5.74, 6) is 0.197. The number of carbonyl (C=O) groups excluding carboxylic acids is 1. The maximum Gasteiger partial charge on any atom is 0.326 e. The smallest absolute Gasteiger partial charge is 0.312 e. The molecule has 0 bridgehead atoms. The molecule has 0 unspecified atom stereocenters. The molecule has 7 heteroatoms. The van der Waals surface area contributed by atoms with Gasteiger partial charge in [-0.2, -0.15) is 5.10 Å². The van der Waals surface area contributed by atoms with Crippen LogP contribution >= 0.6 is 0 Å². The molecule has 22 heavy (non-hydrogen) atoms. The summed E-state index contributed by atoms with van der Waals surface area (Å²) in [7, 11) is 1.73.